The largest absolute Gasteiger partial charge is 0.481 e. The van der Waals surface area contributed by atoms with E-state index in [1.165, 1.54) is 4.90 Å². The molecule has 3 heterocycles. The Morgan fingerprint density at radius 2 is 1.88 bits per heavy atom. The van der Waals surface area contributed by atoms with Gasteiger partial charge in [0, 0.05) is 57.6 Å². The molecule has 3 rings (SSSR count). The molecule has 2 fully saturated rings. The molecule has 2 saturated heterocycles. The smallest absolute Gasteiger partial charge is 0.319 e. The summed E-state index contributed by atoms with van der Waals surface area (Å²) in [4.78, 5) is 38.4. The Labute approximate surface area is 147 Å². The zero-order chi connectivity index (χ0) is 18.4. The SMILES string of the molecule is Cc1cc(C)nc(CN2C[C@H]3CN(C(=O)N(C)C)C[C@@]3(C(=O)O)C2)n1. The van der Waals surface area contributed by atoms with E-state index in [0.717, 1.165) is 17.2 Å². The van der Waals surface area contributed by atoms with Crippen molar-refractivity contribution in [3.8, 4) is 0 Å². The van der Waals surface area contributed by atoms with E-state index in [0.29, 0.717) is 26.2 Å². The van der Waals surface area contributed by atoms with Crippen molar-refractivity contribution < 1.29 is 14.7 Å². The van der Waals surface area contributed by atoms with Crippen molar-refractivity contribution in [2.75, 3.05) is 40.3 Å². The summed E-state index contributed by atoms with van der Waals surface area (Å²) in [5.74, 6) is -0.172. The molecule has 0 radical (unpaired) electrons. The highest BCUT2D eigenvalue weighted by Crippen LogP contribution is 2.43. The molecule has 0 saturated carbocycles. The Morgan fingerprint density at radius 1 is 1.24 bits per heavy atom. The number of carboxylic acid groups (broad SMARTS) is 1. The van der Waals surface area contributed by atoms with Gasteiger partial charge < -0.3 is 14.9 Å². The highest BCUT2D eigenvalue weighted by Gasteiger charge is 2.58. The van der Waals surface area contributed by atoms with Gasteiger partial charge >= 0.3 is 12.0 Å². The summed E-state index contributed by atoms with van der Waals surface area (Å²) < 4.78 is 0. The first-order valence-electron chi connectivity index (χ1n) is 8.44. The molecule has 2 amide bonds. The minimum atomic E-state index is -0.898. The van der Waals surface area contributed by atoms with Gasteiger partial charge in [0.15, 0.2) is 0 Å². The summed E-state index contributed by atoms with van der Waals surface area (Å²) >= 11 is 0. The molecule has 8 nitrogen and oxygen atoms in total. The maximum Gasteiger partial charge on any atom is 0.319 e. The average molecular weight is 347 g/mol. The fourth-order valence-corrected chi connectivity index (χ4v) is 4.09. The number of carbonyl (C=O) groups is 2. The van der Waals surface area contributed by atoms with Crippen LogP contribution in [0, 0.1) is 25.2 Å². The van der Waals surface area contributed by atoms with Crippen molar-refractivity contribution in [2.45, 2.75) is 20.4 Å². The molecule has 136 valence electrons. The van der Waals surface area contributed by atoms with E-state index in [1.54, 1.807) is 19.0 Å². The maximum absolute atomic E-state index is 12.2. The Balaban J connectivity index is 1.75. The number of aromatic nitrogens is 2. The Kier molecular flexibility index (Phi) is 4.40. The lowest BCUT2D eigenvalue weighted by atomic mass is 9.81. The number of urea groups is 1. The van der Waals surface area contributed by atoms with Crippen LogP contribution in [0.5, 0.6) is 0 Å². The van der Waals surface area contributed by atoms with Crippen LogP contribution >= 0.6 is 0 Å². The van der Waals surface area contributed by atoms with Gasteiger partial charge in [-0.3, -0.25) is 9.69 Å². The van der Waals surface area contributed by atoms with E-state index in [1.807, 2.05) is 19.9 Å². The van der Waals surface area contributed by atoms with Gasteiger partial charge in [0.05, 0.1) is 6.54 Å². The van der Waals surface area contributed by atoms with Gasteiger partial charge in [-0.15, -0.1) is 0 Å². The Hall–Kier alpha value is -2.22. The molecule has 1 aromatic rings. The van der Waals surface area contributed by atoms with E-state index in [2.05, 4.69) is 14.9 Å². The summed E-state index contributed by atoms with van der Waals surface area (Å²) in [6.07, 6.45) is 0. The number of aryl methyl sites for hydroxylation is 2. The number of amides is 2. The van der Waals surface area contributed by atoms with Crippen LogP contribution in [0.25, 0.3) is 0 Å². The minimum Gasteiger partial charge on any atom is -0.481 e. The summed E-state index contributed by atoms with van der Waals surface area (Å²) in [5, 5.41) is 9.87. The lowest BCUT2D eigenvalue weighted by Gasteiger charge is -2.26. The number of aliphatic carboxylic acids is 1. The molecule has 0 aromatic carbocycles. The van der Waals surface area contributed by atoms with E-state index < -0.39 is 11.4 Å². The van der Waals surface area contributed by atoms with E-state index in [9.17, 15) is 14.7 Å². The van der Waals surface area contributed by atoms with Crippen LogP contribution in [0.2, 0.25) is 0 Å². The van der Waals surface area contributed by atoms with Crippen LogP contribution in [-0.4, -0.2) is 82.0 Å². The first-order valence-corrected chi connectivity index (χ1v) is 8.44. The van der Waals surface area contributed by atoms with Crippen molar-refractivity contribution >= 4 is 12.0 Å². The molecular formula is C17H25N5O3. The number of carbonyl (C=O) groups excluding carboxylic acids is 1. The standard InChI is InChI=1S/C17H25N5O3/c1-11-5-12(2)19-14(18-11)8-21-6-13-7-22(16(25)20(3)4)10-17(13,9-21)15(23)24/h5,13H,6-10H2,1-4H3,(H,23,24)/t13-,17-/m0/s1. The first kappa shape index (κ1) is 17.6. The van der Waals surface area contributed by atoms with Crippen molar-refractivity contribution in [3.63, 3.8) is 0 Å². The number of hydrogen-bond donors (Lipinski definition) is 1. The number of fused-ring (bicyclic) bond motifs is 1. The summed E-state index contributed by atoms with van der Waals surface area (Å²) in [6.45, 7) is 6.19. The van der Waals surface area contributed by atoms with Crippen LogP contribution in [0.15, 0.2) is 6.07 Å². The molecule has 0 unspecified atom stereocenters. The number of hydrogen-bond acceptors (Lipinski definition) is 5. The molecule has 1 N–H and O–H groups in total. The molecular weight excluding hydrogens is 322 g/mol. The number of carboxylic acids is 1. The minimum absolute atomic E-state index is 0.0696. The molecule has 1 aromatic heterocycles. The lowest BCUT2D eigenvalue weighted by molar-refractivity contribution is -0.148. The Bertz CT molecular complexity index is 687. The second kappa shape index (κ2) is 6.25. The topological polar surface area (TPSA) is 89.9 Å². The van der Waals surface area contributed by atoms with Gasteiger partial charge in [0.1, 0.15) is 11.2 Å². The molecule has 25 heavy (non-hydrogen) atoms. The zero-order valence-electron chi connectivity index (χ0n) is 15.2. The number of rotatable bonds is 3. The Morgan fingerprint density at radius 3 is 2.40 bits per heavy atom. The average Bonchev–Trinajstić information content (AvgIpc) is 2.99. The molecule has 2 aliphatic heterocycles. The van der Waals surface area contributed by atoms with Crippen LogP contribution in [-0.2, 0) is 11.3 Å². The van der Waals surface area contributed by atoms with Crippen molar-refractivity contribution in [1.29, 1.82) is 0 Å². The van der Waals surface area contributed by atoms with Crippen LogP contribution in [0.3, 0.4) is 0 Å². The van der Waals surface area contributed by atoms with Crippen LogP contribution in [0.1, 0.15) is 17.2 Å². The summed E-state index contributed by atoms with van der Waals surface area (Å²) in [6, 6.07) is 1.80. The fourth-order valence-electron chi connectivity index (χ4n) is 4.09. The van der Waals surface area contributed by atoms with Gasteiger partial charge in [-0.1, -0.05) is 0 Å². The predicted molar refractivity (Wildman–Crippen MR) is 91.0 cm³/mol. The highest BCUT2D eigenvalue weighted by molar-refractivity contribution is 5.80. The first-order chi connectivity index (χ1) is 11.7. The second-order valence-corrected chi connectivity index (χ2v) is 7.45. The van der Waals surface area contributed by atoms with Gasteiger partial charge in [0.25, 0.3) is 0 Å². The van der Waals surface area contributed by atoms with E-state index in [-0.39, 0.29) is 18.5 Å². The number of nitrogens with zero attached hydrogens (tertiary/aromatic N) is 5. The molecule has 0 spiro atoms. The fraction of sp³-hybridized carbons (Fsp3) is 0.647. The summed E-state index contributed by atoms with van der Waals surface area (Å²) in [5.41, 5.74) is 0.931. The molecule has 2 aliphatic rings. The quantitative estimate of drug-likeness (QED) is 0.861. The number of likely N-dealkylation sites (tertiary alicyclic amines) is 2. The van der Waals surface area contributed by atoms with Gasteiger partial charge in [0.2, 0.25) is 0 Å². The van der Waals surface area contributed by atoms with Gasteiger partial charge in [-0.25, -0.2) is 14.8 Å². The summed E-state index contributed by atoms with van der Waals surface area (Å²) in [7, 11) is 3.38. The van der Waals surface area contributed by atoms with Crippen LogP contribution in [0.4, 0.5) is 4.79 Å². The highest BCUT2D eigenvalue weighted by atomic mass is 16.4. The molecule has 0 bridgehead atoms. The zero-order valence-corrected chi connectivity index (χ0v) is 15.2. The lowest BCUT2D eigenvalue weighted by Crippen LogP contribution is -2.44. The maximum atomic E-state index is 12.2. The molecule has 2 atom stereocenters. The van der Waals surface area contributed by atoms with Crippen molar-refractivity contribution in [3.05, 3.63) is 23.3 Å². The van der Waals surface area contributed by atoms with Crippen LogP contribution < -0.4 is 0 Å². The predicted octanol–water partition coefficient (Wildman–Crippen LogP) is 0.593. The third-order valence-electron chi connectivity index (χ3n) is 5.15. The van der Waals surface area contributed by atoms with Crippen molar-refractivity contribution in [2.24, 2.45) is 11.3 Å². The van der Waals surface area contributed by atoms with Gasteiger partial charge in [-0.05, 0) is 19.9 Å². The molecule has 0 aliphatic carbocycles. The van der Waals surface area contributed by atoms with E-state index >= 15 is 0 Å². The second-order valence-electron chi connectivity index (χ2n) is 7.45. The monoisotopic (exact) mass is 347 g/mol. The van der Waals surface area contributed by atoms with Crippen molar-refractivity contribution in [1.82, 2.24) is 24.7 Å². The molecule has 8 heteroatoms. The van der Waals surface area contributed by atoms with E-state index in [4.69, 9.17) is 0 Å². The normalized spacial score (nSPS) is 25.9. The third kappa shape index (κ3) is 3.18. The van der Waals surface area contributed by atoms with Gasteiger partial charge in [-0.2, -0.15) is 0 Å². The third-order valence-corrected chi connectivity index (χ3v) is 5.15.